The van der Waals surface area contributed by atoms with Crippen molar-refractivity contribution in [2.45, 2.75) is 6.42 Å². The third-order valence-corrected chi connectivity index (χ3v) is 6.94. The third kappa shape index (κ3) is 3.62. The number of fused-ring (bicyclic) bond motifs is 1. The smallest absolute Gasteiger partial charge is 0.264 e. The summed E-state index contributed by atoms with van der Waals surface area (Å²) < 4.78 is 24.4. The molecule has 3 aromatic rings. The molecule has 27 heavy (non-hydrogen) atoms. The molecule has 1 amide bonds. The Balaban J connectivity index is 1.61. The second-order valence-corrected chi connectivity index (χ2v) is 9.59. The first-order valence-electron chi connectivity index (χ1n) is 8.63. The first-order chi connectivity index (χ1) is 12.8. The summed E-state index contributed by atoms with van der Waals surface area (Å²) >= 11 is 1.42. The summed E-state index contributed by atoms with van der Waals surface area (Å²) in [5.41, 5.74) is 1.87. The Labute approximate surface area is 161 Å². The molecule has 1 fully saturated rings. The van der Waals surface area contributed by atoms with Crippen LogP contribution in [0.1, 0.15) is 16.1 Å². The fraction of sp³-hybridized carbons (Fsp3) is 0.333. The summed E-state index contributed by atoms with van der Waals surface area (Å²) in [6.45, 7) is 0.977. The molecule has 0 saturated carbocycles. The molecular weight excluding hydrogens is 384 g/mol. The van der Waals surface area contributed by atoms with E-state index >= 15 is 0 Å². The molecule has 0 bridgehead atoms. The summed E-state index contributed by atoms with van der Waals surface area (Å²) in [6.07, 6.45) is 0.657. The van der Waals surface area contributed by atoms with Crippen LogP contribution in [0.2, 0.25) is 0 Å². The van der Waals surface area contributed by atoms with Crippen LogP contribution in [0.15, 0.2) is 36.4 Å². The Morgan fingerprint density at radius 2 is 2.07 bits per heavy atom. The van der Waals surface area contributed by atoms with Gasteiger partial charge in [-0.05, 0) is 18.4 Å². The molecule has 0 radical (unpaired) electrons. The largest absolute Gasteiger partial charge is 0.338 e. The van der Waals surface area contributed by atoms with Crippen molar-refractivity contribution in [1.29, 1.82) is 0 Å². The number of amides is 1. The number of benzene rings is 1. The molecule has 3 heterocycles. The van der Waals surface area contributed by atoms with E-state index in [1.807, 2.05) is 43.4 Å². The van der Waals surface area contributed by atoms with E-state index in [0.29, 0.717) is 24.4 Å². The second-order valence-electron chi connectivity index (χ2n) is 6.90. The fourth-order valence-electron chi connectivity index (χ4n) is 3.59. The predicted molar refractivity (Wildman–Crippen MR) is 106 cm³/mol. The Kier molecular flexibility index (Phi) is 4.53. The molecular formula is C18H20N4O3S2. The molecule has 2 aromatic heterocycles. The van der Waals surface area contributed by atoms with E-state index < -0.39 is 10.0 Å². The molecule has 1 aliphatic heterocycles. The van der Waals surface area contributed by atoms with Gasteiger partial charge in [-0.15, -0.1) is 11.3 Å². The van der Waals surface area contributed by atoms with Crippen LogP contribution >= 0.6 is 11.3 Å². The van der Waals surface area contributed by atoms with E-state index in [1.54, 1.807) is 9.58 Å². The first kappa shape index (κ1) is 18.1. The number of hydrogen-bond donors (Lipinski definition) is 1. The van der Waals surface area contributed by atoms with Gasteiger partial charge >= 0.3 is 0 Å². The first-order valence-corrected chi connectivity index (χ1v) is 11.2. The van der Waals surface area contributed by atoms with Crippen molar-refractivity contribution in [3.63, 3.8) is 0 Å². The number of carbonyl (C=O) groups is 1. The summed E-state index contributed by atoms with van der Waals surface area (Å²) in [6, 6.07) is 11.8. The number of primary sulfonamides is 1. The van der Waals surface area contributed by atoms with E-state index in [-0.39, 0.29) is 17.6 Å². The Morgan fingerprint density at radius 3 is 2.78 bits per heavy atom. The minimum absolute atomic E-state index is 0.0628. The van der Waals surface area contributed by atoms with Crippen molar-refractivity contribution in [3.05, 3.63) is 41.3 Å². The standard InChI is InChI=1S/C18H20N4O3S2/c1-21-18-14(16(20-21)13-5-3-2-4-6-13)9-15(26-18)17(23)22-8-7-12(10-22)11-27(19,24)25/h2-6,9,12H,7-8,10-11H2,1H3,(H2,19,24,25)/t12-/m0/s1. The number of likely N-dealkylation sites (tertiary alicyclic amines) is 1. The van der Waals surface area contributed by atoms with Crippen LogP contribution in [-0.2, 0) is 17.1 Å². The Morgan fingerprint density at radius 1 is 1.33 bits per heavy atom. The van der Waals surface area contributed by atoms with Gasteiger partial charge in [-0.1, -0.05) is 30.3 Å². The summed E-state index contributed by atoms with van der Waals surface area (Å²) in [7, 11) is -1.65. The fourth-order valence-corrected chi connectivity index (χ4v) is 5.56. The lowest BCUT2D eigenvalue weighted by molar-refractivity contribution is 0.0793. The summed E-state index contributed by atoms with van der Waals surface area (Å²) in [4.78, 5) is 16.2. The zero-order valence-electron chi connectivity index (χ0n) is 14.8. The van der Waals surface area contributed by atoms with Crippen molar-refractivity contribution >= 4 is 37.5 Å². The molecule has 1 aromatic carbocycles. The van der Waals surface area contributed by atoms with Crippen LogP contribution < -0.4 is 5.14 Å². The van der Waals surface area contributed by atoms with Crippen molar-refractivity contribution in [2.75, 3.05) is 18.8 Å². The molecule has 1 aliphatic rings. The molecule has 7 nitrogen and oxygen atoms in total. The van der Waals surface area contributed by atoms with E-state index in [0.717, 1.165) is 21.5 Å². The maximum Gasteiger partial charge on any atom is 0.264 e. The van der Waals surface area contributed by atoms with Gasteiger partial charge in [0, 0.05) is 31.1 Å². The molecule has 0 unspecified atom stereocenters. The Bertz CT molecular complexity index is 1100. The van der Waals surface area contributed by atoms with Gasteiger partial charge in [0.05, 0.1) is 10.6 Å². The van der Waals surface area contributed by atoms with Crippen molar-refractivity contribution in [2.24, 2.45) is 18.1 Å². The number of aromatic nitrogens is 2. The van der Waals surface area contributed by atoms with Gasteiger partial charge in [-0.2, -0.15) is 5.10 Å². The van der Waals surface area contributed by atoms with Crippen LogP contribution in [0, 0.1) is 5.92 Å². The van der Waals surface area contributed by atoms with E-state index in [1.165, 1.54) is 11.3 Å². The topological polar surface area (TPSA) is 98.3 Å². The number of thiophene rings is 1. The second kappa shape index (κ2) is 6.74. The number of nitrogens with two attached hydrogens (primary N) is 1. The lowest BCUT2D eigenvalue weighted by Crippen LogP contribution is -2.30. The maximum atomic E-state index is 12.9. The van der Waals surface area contributed by atoms with E-state index in [4.69, 9.17) is 5.14 Å². The monoisotopic (exact) mass is 404 g/mol. The third-order valence-electron chi connectivity index (χ3n) is 4.81. The number of aryl methyl sites for hydroxylation is 1. The zero-order valence-corrected chi connectivity index (χ0v) is 16.5. The predicted octanol–water partition coefficient (Wildman–Crippen LogP) is 2.05. The normalized spacial score (nSPS) is 17.7. The number of carbonyl (C=O) groups excluding carboxylic acids is 1. The number of rotatable bonds is 4. The molecule has 2 N–H and O–H groups in total. The summed E-state index contributed by atoms with van der Waals surface area (Å²) in [5, 5.41) is 10.7. The highest BCUT2D eigenvalue weighted by Gasteiger charge is 2.30. The van der Waals surface area contributed by atoms with Gasteiger partial charge in [0.25, 0.3) is 5.91 Å². The van der Waals surface area contributed by atoms with Crippen LogP contribution in [0.5, 0.6) is 0 Å². The lowest BCUT2D eigenvalue weighted by atomic mass is 10.1. The van der Waals surface area contributed by atoms with Gasteiger partial charge in [0.1, 0.15) is 10.5 Å². The van der Waals surface area contributed by atoms with Crippen molar-refractivity contribution in [1.82, 2.24) is 14.7 Å². The minimum Gasteiger partial charge on any atom is -0.338 e. The van der Waals surface area contributed by atoms with Gasteiger partial charge in [-0.25, -0.2) is 13.6 Å². The number of nitrogens with zero attached hydrogens (tertiary/aromatic N) is 3. The van der Waals surface area contributed by atoms with E-state index in [9.17, 15) is 13.2 Å². The van der Waals surface area contributed by atoms with Gasteiger partial charge < -0.3 is 4.90 Å². The molecule has 9 heteroatoms. The van der Waals surface area contributed by atoms with Gasteiger partial charge in [0.15, 0.2) is 0 Å². The molecule has 1 atom stereocenters. The van der Waals surface area contributed by atoms with Gasteiger partial charge in [0.2, 0.25) is 10.0 Å². The van der Waals surface area contributed by atoms with E-state index in [2.05, 4.69) is 5.10 Å². The lowest BCUT2D eigenvalue weighted by Gasteiger charge is -2.15. The number of hydrogen-bond acceptors (Lipinski definition) is 5. The average molecular weight is 405 g/mol. The zero-order chi connectivity index (χ0) is 19.2. The minimum atomic E-state index is -3.52. The van der Waals surface area contributed by atoms with Gasteiger partial charge in [-0.3, -0.25) is 9.48 Å². The van der Waals surface area contributed by atoms with Crippen LogP contribution in [-0.4, -0.2) is 47.8 Å². The molecule has 142 valence electrons. The van der Waals surface area contributed by atoms with Crippen LogP contribution in [0.4, 0.5) is 0 Å². The molecule has 0 aliphatic carbocycles. The molecule has 0 spiro atoms. The van der Waals surface area contributed by atoms with Crippen LogP contribution in [0.3, 0.4) is 0 Å². The maximum absolute atomic E-state index is 12.9. The quantitative estimate of drug-likeness (QED) is 0.719. The SMILES string of the molecule is Cn1nc(-c2ccccc2)c2cc(C(=O)N3CC[C@H](CS(N)(=O)=O)C3)sc21. The average Bonchev–Trinajstić information content (AvgIpc) is 3.31. The van der Waals surface area contributed by atoms with Crippen LogP contribution in [0.25, 0.3) is 21.5 Å². The van der Waals surface area contributed by atoms with Crippen molar-refractivity contribution in [3.8, 4) is 11.3 Å². The molecule has 1 saturated heterocycles. The number of sulfonamides is 1. The summed E-state index contributed by atoms with van der Waals surface area (Å²) in [5.74, 6) is -0.238. The highest BCUT2D eigenvalue weighted by molar-refractivity contribution is 7.89. The Hall–Kier alpha value is -2.23. The van der Waals surface area contributed by atoms with Crippen molar-refractivity contribution < 1.29 is 13.2 Å². The highest BCUT2D eigenvalue weighted by atomic mass is 32.2. The highest BCUT2D eigenvalue weighted by Crippen LogP contribution is 2.34. The molecule has 4 rings (SSSR count).